The third-order valence-corrected chi connectivity index (χ3v) is 7.25. The van der Waals surface area contributed by atoms with Crippen molar-refractivity contribution in [3.8, 4) is 28.5 Å². The van der Waals surface area contributed by atoms with Gasteiger partial charge in [0.2, 0.25) is 0 Å². The van der Waals surface area contributed by atoms with Gasteiger partial charge >= 0.3 is 6.01 Å². The number of aromatic nitrogens is 3. The maximum Gasteiger partial charge on any atom is 0.336 e. The SMILES string of the molecule is CCN(CC)c1ccc(-c2nnc(OC3CCCC3C)nc2-c2ccc(N(CC)CC)cc2)cc1. The summed E-state index contributed by atoms with van der Waals surface area (Å²) >= 11 is 0. The predicted octanol–water partition coefficient (Wildman–Crippen LogP) is 6.47. The van der Waals surface area contributed by atoms with Gasteiger partial charge in [0, 0.05) is 48.7 Å². The highest BCUT2D eigenvalue weighted by atomic mass is 16.5. The molecule has 4 rings (SSSR count). The van der Waals surface area contributed by atoms with E-state index in [0.717, 1.165) is 55.1 Å². The molecule has 2 aromatic carbocycles. The van der Waals surface area contributed by atoms with Crippen LogP contribution in [0, 0.1) is 5.92 Å². The highest BCUT2D eigenvalue weighted by Crippen LogP contribution is 2.33. The highest BCUT2D eigenvalue weighted by Gasteiger charge is 2.26. The van der Waals surface area contributed by atoms with Crippen LogP contribution >= 0.6 is 0 Å². The van der Waals surface area contributed by atoms with Gasteiger partial charge in [-0.25, -0.2) is 0 Å². The van der Waals surface area contributed by atoms with Crippen molar-refractivity contribution in [2.45, 2.75) is 60.0 Å². The third kappa shape index (κ3) is 5.58. The maximum absolute atomic E-state index is 6.22. The van der Waals surface area contributed by atoms with Gasteiger partial charge in [-0.15, -0.1) is 5.10 Å². The van der Waals surface area contributed by atoms with Gasteiger partial charge in [0.25, 0.3) is 0 Å². The Kier molecular flexibility index (Phi) is 8.21. The lowest BCUT2D eigenvalue weighted by Crippen LogP contribution is -2.21. The monoisotopic (exact) mass is 473 g/mol. The second kappa shape index (κ2) is 11.5. The molecular weight excluding hydrogens is 434 g/mol. The molecule has 35 heavy (non-hydrogen) atoms. The molecule has 0 bridgehead atoms. The van der Waals surface area contributed by atoms with E-state index in [-0.39, 0.29) is 6.10 Å². The van der Waals surface area contributed by atoms with Crippen LogP contribution in [0.25, 0.3) is 22.5 Å². The Bertz CT molecular complexity index is 1080. The van der Waals surface area contributed by atoms with E-state index in [1.165, 1.54) is 24.2 Å². The molecule has 0 saturated heterocycles. The summed E-state index contributed by atoms with van der Waals surface area (Å²) in [5.74, 6) is 0.516. The zero-order valence-corrected chi connectivity index (χ0v) is 21.9. The van der Waals surface area contributed by atoms with Gasteiger partial charge in [-0.1, -0.05) is 36.3 Å². The number of hydrogen-bond acceptors (Lipinski definition) is 6. The normalized spacial score (nSPS) is 17.4. The van der Waals surface area contributed by atoms with Gasteiger partial charge in [-0.05, 0) is 77.1 Å². The summed E-state index contributed by atoms with van der Waals surface area (Å²) < 4.78 is 6.22. The standard InChI is InChI=1S/C29H39N5O/c1-6-33(7-2)24-17-13-22(14-18-24)27-28(23-15-19-25(20-16-23)34(8-3)9-4)31-32-29(30-27)35-26-12-10-11-21(26)5/h13-21,26H,6-12H2,1-5H3. The van der Waals surface area contributed by atoms with Crippen molar-refractivity contribution in [2.75, 3.05) is 36.0 Å². The Hall–Kier alpha value is -3.15. The molecule has 3 aromatic rings. The minimum absolute atomic E-state index is 0.161. The summed E-state index contributed by atoms with van der Waals surface area (Å²) in [7, 11) is 0. The van der Waals surface area contributed by atoms with Crippen LogP contribution in [0.4, 0.5) is 11.4 Å². The molecule has 2 atom stereocenters. The van der Waals surface area contributed by atoms with E-state index < -0.39 is 0 Å². The number of hydrogen-bond donors (Lipinski definition) is 0. The zero-order chi connectivity index (χ0) is 24.8. The molecule has 6 nitrogen and oxygen atoms in total. The molecule has 2 unspecified atom stereocenters. The van der Waals surface area contributed by atoms with Gasteiger partial charge in [0.15, 0.2) is 0 Å². The molecular formula is C29H39N5O. The number of anilines is 2. The van der Waals surface area contributed by atoms with Gasteiger partial charge in [0.1, 0.15) is 17.5 Å². The van der Waals surface area contributed by atoms with Gasteiger partial charge in [0.05, 0.1) is 0 Å². The summed E-state index contributed by atoms with van der Waals surface area (Å²) in [6.45, 7) is 14.9. The fourth-order valence-corrected chi connectivity index (χ4v) is 5.02. The van der Waals surface area contributed by atoms with E-state index >= 15 is 0 Å². The molecule has 1 heterocycles. The zero-order valence-electron chi connectivity index (χ0n) is 21.9. The van der Waals surface area contributed by atoms with Gasteiger partial charge < -0.3 is 14.5 Å². The average molecular weight is 474 g/mol. The van der Waals surface area contributed by atoms with E-state index in [1.54, 1.807) is 0 Å². The highest BCUT2D eigenvalue weighted by molar-refractivity contribution is 5.79. The summed E-state index contributed by atoms with van der Waals surface area (Å²) in [6, 6.07) is 17.5. The maximum atomic E-state index is 6.22. The van der Waals surface area contributed by atoms with Crippen LogP contribution in [-0.2, 0) is 0 Å². The van der Waals surface area contributed by atoms with E-state index in [9.17, 15) is 0 Å². The Morgan fingerprint density at radius 3 is 1.69 bits per heavy atom. The molecule has 0 amide bonds. The first-order valence-corrected chi connectivity index (χ1v) is 13.2. The van der Waals surface area contributed by atoms with Crippen LogP contribution < -0.4 is 14.5 Å². The van der Waals surface area contributed by atoms with Gasteiger partial charge in [-0.2, -0.15) is 4.98 Å². The molecule has 0 spiro atoms. The van der Waals surface area contributed by atoms with E-state index in [2.05, 4.69) is 103 Å². The van der Waals surface area contributed by atoms with Crippen molar-refractivity contribution in [3.63, 3.8) is 0 Å². The van der Waals surface area contributed by atoms with Crippen molar-refractivity contribution in [2.24, 2.45) is 5.92 Å². The van der Waals surface area contributed by atoms with Crippen molar-refractivity contribution < 1.29 is 4.74 Å². The average Bonchev–Trinajstić information content (AvgIpc) is 3.30. The number of nitrogens with zero attached hydrogens (tertiary/aromatic N) is 5. The number of rotatable bonds is 10. The lowest BCUT2D eigenvalue weighted by molar-refractivity contribution is 0.151. The van der Waals surface area contributed by atoms with Gasteiger partial charge in [-0.3, -0.25) is 0 Å². The van der Waals surface area contributed by atoms with E-state index in [4.69, 9.17) is 9.72 Å². The summed E-state index contributed by atoms with van der Waals surface area (Å²) in [4.78, 5) is 9.57. The van der Waals surface area contributed by atoms with Crippen molar-refractivity contribution in [3.05, 3.63) is 48.5 Å². The molecule has 1 aliphatic carbocycles. The van der Waals surface area contributed by atoms with E-state index in [0.29, 0.717) is 11.9 Å². The Labute approximate surface area is 210 Å². The Morgan fingerprint density at radius 2 is 1.23 bits per heavy atom. The smallest absolute Gasteiger partial charge is 0.336 e. The fourth-order valence-electron chi connectivity index (χ4n) is 5.02. The van der Waals surface area contributed by atoms with E-state index in [1.807, 2.05) is 0 Å². The number of ether oxygens (including phenoxy) is 1. The lowest BCUT2D eigenvalue weighted by atomic mass is 10.0. The van der Waals surface area contributed by atoms with Crippen LogP contribution in [0.3, 0.4) is 0 Å². The molecule has 1 fully saturated rings. The van der Waals surface area contributed by atoms with Crippen molar-refractivity contribution in [1.29, 1.82) is 0 Å². The van der Waals surface area contributed by atoms with Crippen molar-refractivity contribution >= 4 is 11.4 Å². The van der Waals surface area contributed by atoms with Crippen molar-refractivity contribution in [1.82, 2.24) is 15.2 Å². The Morgan fingerprint density at radius 1 is 0.714 bits per heavy atom. The van der Waals surface area contributed by atoms with Crippen LogP contribution in [0.2, 0.25) is 0 Å². The molecule has 1 aromatic heterocycles. The third-order valence-electron chi connectivity index (χ3n) is 7.25. The second-order valence-corrected chi connectivity index (χ2v) is 9.29. The largest absolute Gasteiger partial charge is 0.459 e. The predicted molar refractivity (Wildman–Crippen MR) is 145 cm³/mol. The summed E-state index contributed by atoms with van der Waals surface area (Å²) in [5.41, 5.74) is 6.02. The minimum Gasteiger partial charge on any atom is -0.459 e. The first-order chi connectivity index (χ1) is 17.1. The first-order valence-electron chi connectivity index (χ1n) is 13.2. The van der Waals surface area contributed by atoms with Crippen LogP contribution in [0.15, 0.2) is 48.5 Å². The Balaban J connectivity index is 1.71. The molecule has 0 N–H and O–H groups in total. The summed E-state index contributed by atoms with van der Waals surface area (Å²) in [6.07, 6.45) is 3.59. The van der Waals surface area contributed by atoms with Crippen LogP contribution in [0.5, 0.6) is 6.01 Å². The lowest BCUT2D eigenvalue weighted by Gasteiger charge is -2.22. The fraction of sp³-hybridized carbons (Fsp3) is 0.483. The first kappa shape index (κ1) is 25.0. The molecule has 0 aliphatic heterocycles. The minimum atomic E-state index is 0.161. The molecule has 1 aliphatic rings. The van der Waals surface area contributed by atoms with Crippen LogP contribution in [-0.4, -0.2) is 47.5 Å². The topological polar surface area (TPSA) is 54.4 Å². The summed E-state index contributed by atoms with van der Waals surface area (Å²) in [5, 5.41) is 9.03. The number of benzene rings is 2. The quantitative estimate of drug-likeness (QED) is 0.337. The molecule has 0 radical (unpaired) electrons. The second-order valence-electron chi connectivity index (χ2n) is 9.29. The molecule has 186 valence electrons. The molecule has 1 saturated carbocycles. The van der Waals surface area contributed by atoms with Crippen LogP contribution in [0.1, 0.15) is 53.9 Å². The molecule has 6 heteroatoms.